The Kier molecular flexibility index (Phi) is 4.39. The topological polar surface area (TPSA) is 70.1 Å². The first-order valence-corrected chi connectivity index (χ1v) is 7.49. The van der Waals surface area contributed by atoms with Gasteiger partial charge in [0.05, 0.1) is 23.9 Å². The van der Waals surface area contributed by atoms with E-state index in [0.717, 1.165) is 0 Å². The van der Waals surface area contributed by atoms with Gasteiger partial charge in [-0.2, -0.15) is 5.26 Å². The highest BCUT2D eigenvalue weighted by Gasteiger charge is 2.27. The molecule has 24 heavy (non-hydrogen) atoms. The number of nitrogens with zero attached hydrogens (tertiary/aromatic N) is 3. The van der Waals surface area contributed by atoms with Crippen LogP contribution in [0.4, 0.5) is 5.82 Å². The average Bonchev–Trinajstić information content (AvgIpc) is 3.17. The lowest BCUT2D eigenvalue weighted by Crippen LogP contribution is -2.34. The molecule has 0 aliphatic carbocycles. The molecular formula is C19H15N3O2. The zero-order valence-corrected chi connectivity index (χ0v) is 13.1. The summed E-state index contributed by atoms with van der Waals surface area (Å²) in [4.78, 5) is 18.9. The summed E-state index contributed by atoms with van der Waals surface area (Å²) < 4.78 is 5.46. The van der Waals surface area contributed by atoms with Crippen molar-refractivity contribution in [2.45, 2.75) is 13.0 Å². The van der Waals surface area contributed by atoms with Crippen molar-refractivity contribution >= 4 is 11.7 Å². The number of nitriles is 1. The maximum atomic E-state index is 13.0. The Bertz CT molecular complexity index is 850. The SMILES string of the molecule is C[C@H](c1ccco1)N(C(=O)c1ccc(C#N)cc1)c1ccccn1. The van der Waals surface area contributed by atoms with Gasteiger partial charge in [-0.1, -0.05) is 6.07 Å². The zero-order chi connectivity index (χ0) is 16.9. The van der Waals surface area contributed by atoms with Gasteiger partial charge in [0.15, 0.2) is 0 Å². The molecule has 0 bridgehead atoms. The van der Waals surface area contributed by atoms with Crippen LogP contribution in [0.5, 0.6) is 0 Å². The minimum Gasteiger partial charge on any atom is -0.467 e. The van der Waals surface area contributed by atoms with Crippen LogP contribution in [0.15, 0.2) is 71.5 Å². The number of furan rings is 1. The van der Waals surface area contributed by atoms with Crippen molar-refractivity contribution in [3.05, 3.63) is 83.9 Å². The molecule has 5 heteroatoms. The third kappa shape index (κ3) is 3.03. The molecule has 0 aliphatic rings. The van der Waals surface area contributed by atoms with E-state index < -0.39 is 0 Å². The largest absolute Gasteiger partial charge is 0.467 e. The van der Waals surface area contributed by atoms with Gasteiger partial charge >= 0.3 is 0 Å². The first-order chi connectivity index (χ1) is 11.7. The van der Waals surface area contributed by atoms with Crippen LogP contribution in [-0.4, -0.2) is 10.9 Å². The van der Waals surface area contributed by atoms with Gasteiger partial charge in [0, 0.05) is 11.8 Å². The van der Waals surface area contributed by atoms with E-state index in [1.165, 1.54) is 0 Å². The first-order valence-electron chi connectivity index (χ1n) is 7.49. The quantitative estimate of drug-likeness (QED) is 0.730. The van der Waals surface area contributed by atoms with Crippen molar-refractivity contribution in [1.82, 2.24) is 4.98 Å². The number of rotatable bonds is 4. The second kappa shape index (κ2) is 6.80. The summed E-state index contributed by atoms with van der Waals surface area (Å²) in [7, 11) is 0. The van der Waals surface area contributed by atoms with Crippen LogP contribution in [-0.2, 0) is 0 Å². The lowest BCUT2D eigenvalue weighted by molar-refractivity contribution is 0.0974. The number of amides is 1. The molecule has 5 nitrogen and oxygen atoms in total. The highest BCUT2D eigenvalue weighted by Crippen LogP contribution is 2.27. The summed E-state index contributed by atoms with van der Waals surface area (Å²) in [6.07, 6.45) is 3.22. The number of hydrogen-bond donors (Lipinski definition) is 0. The van der Waals surface area contributed by atoms with Crippen molar-refractivity contribution in [2.24, 2.45) is 0 Å². The molecule has 2 aromatic heterocycles. The van der Waals surface area contributed by atoms with Gasteiger partial charge in [0.1, 0.15) is 11.6 Å². The van der Waals surface area contributed by atoms with Gasteiger partial charge in [-0.25, -0.2) is 4.98 Å². The molecule has 3 aromatic rings. The van der Waals surface area contributed by atoms with Crippen LogP contribution >= 0.6 is 0 Å². The third-order valence-corrected chi connectivity index (χ3v) is 3.72. The monoisotopic (exact) mass is 317 g/mol. The smallest absolute Gasteiger partial charge is 0.260 e. The van der Waals surface area contributed by atoms with Crippen molar-refractivity contribution < 1.29 is 9.21 Å². The lowest BCUT2D eigenvalue weighted by atomic mass is 10.1. The Morgan fingerprint density at radius 2 is 1.96 bits per heavy atom. The minimum absolute atomic E-state index is 0.206. The number of carbonyl (C=O) groups is 1. The molecule has 0 fully saturated rings. The fraction of sp³-hybridized carbons (Fsp3) is 0.105. The van der Waals surface area contributed by atoms with Crippen molar-refractivity contribution in [1.29, 1.82) is 5.26 Å². The summed E-state index contributed by atoms with van der Waals surface area (Å²) in [5, 5.41) is 8.90. The predicted molar refractivity (Wildman–Crippen MR) is 89.3 cm³/mol. The maximum Gasteiger partial charge on any atom is 0.260 e. The molecule has 0 aliphatic heterocycles. The minimum atomic E-state index is -0.321. The molecule has 1 atom stereocenters. The second-order valence-electron chi connectivity index (χ2n) is 5.24. The molecule has 3 rings (SSSR count). The Morgan fingerprint density at radius 1 is 1.17 bits per heavy atom. The van der Waals surface area contributed by atoms with Gasteiger partial charge in [0.2, 0.25) is 0 Å². The zero-order valence-electron chi connectivity index (χ0n) is 13.1. The summed E-state index contributed by atoms with van der Waals surface area (Å²) in [5.41, 5.74) is 0.994. The lowest BCUT2D eigenvalue weighted by Gasteiger charge is -2.27. The number of benzene rings is 1. The van der Waals surface area contributed by atoms with E-state index in [4.69, 9.17) is 9.68 Å². The van der Waals surface area contributed by atoms with Crippen LogP contribution in [0, 0.1) is 11.3 Å². The molecular weight excluding hydrogens is 302 g/mol. The molecule has 0 radical (unpaired) electrons. The van der Waals surface area contributed by atoms with Gasteiger partial charge < -0.3 is 4.42 Å². The van der Waals surface area contributed by atoms with Crippen molar-refractivity contribution in [2.75, 3.05) is 4.90 Å². The van der Waals surface area contributed by atoms with Crippen LogP contribution in [0.25, 0.3) is 0 Å². The number of pyridine rings is 1. The van der Waals surface area contributed by atoms with Crippen LogP contribution in [0.1, 0.15) is 34.6 Å². The molecule has 0 unspecified atom stereocenters. The van der Waals surface area contributed by atoms with E-state index in [-0.39, 0.29) is 11.9 Å². The number of anilines is 1. The van der Waals surface area contributed by atoms with Crippen molar-refractivity contribution in [3.8, 4) is 6.07 Å². The number of hydrogen-bond acceptors (Lipinski definition) is 4. The summed E-state index contributed by atoms with van der Waals surface area (Å²) in [6, 6.07) is 17.3. The van der Waals surface area contributed by atoms with E-state index in [9.17, 15) is 4.79 Å². The molecule has 0 spiro atoms. The van der Waals surface area contributed by atoms with E-state index in [1.807, 2.05) is 25.1 Å². The second-order valence-corrected chi connectivity index (χ2v) is 5.24. The average molecular weight is 317 g/mol. The highest BCUT2D eigenvalue weighted by molar-refractivity contribution is 6.06. The molecule has 1 aromatic carbocycles. The van der Waals surface area contributed by atoms with Gasteiger partial charge in [-0.05, 0) is 55.5 Å². The number of carbonyl (C=O) groups excluding carboxylic acids is 1. The molecule has 0 saturated carbocycles. The third-order valence-electron chi connectivity index (χ3n) is 3.72. The van der Waals surface area contributed by atoms with E-state index in [1.54, 1.807) is 59.8 Å². The summed E-state index contributed by atoms with van der Waals surface area (Å²) in [5.74, 6) is 1.00. The van der Waals surface area contributed by atoms with Crippen LogP contribution in [0.3, 0.4) is 0 Å². The highest BCUT2D eigenvalue weighted by atomic mass is 16.3. The summed E-state index contributed by atoms with van der Waals surface area (Å²) >= 11 is 0. The Morgan fingerprint density at radius 3 is 2.54 bits per heavy atom. The van der Waals surface area contributed by atoms with Crippen LogP contribution < -0.4 is 4.90 Å². The van der Waals surface area contributed by atoms with Gasteiger partial charge in [0.25, 0.3) is 5.91 Å². The molecule has 2 heterocycles. The fourth-order valence-electron chi connectivity index (χ4n) is 2.46. The molecule has 0 saturated heterocycles. The first kappa shape index (κ1) is 15.5. The Balaban J connectivity index is 2.00. The molecule has 118 valence electrons. The van der Waals surface area contributed by atoms with E-state index in [0.29, 0.717) is 22.7 Å². The van der Waals surface area contributed by atoms with Gasteiger partial charge in [-0.15, -0.1) is 0 Å². The van der Waals surface area contributed by atoms with Gasteiger partial charge in [-0.3, -0.25) is 9.69 Å². The Hall–Kier alpha value is -3.39. The summed E-state index contributed by atoms with van der Waals surface area (Å²) in [6.45, 7) is 1.88. The van der Waals surface area contributed by atoms with Crippen molar-refractivity contribution in [3.63, 3.8) is 0 Å². The Labute approximate surface area is 139 Å². The number of aromatic nitrogens is 1. The normalized spacial score (nSPS) is 11.5. The van der Waals surface area contributed by atoms with Crippen LogP contribution in [0.2, 0.25) is 0 Å². The van der Waals surface area contributed by atoms with E-state index >= 15 is 0 Å². The maximum absolute atomic E-state index is 13.0. The van der Waals surface area contributed by atoms with E-state index in [2.05, 4.69) is 4.98 Å². The standard InChI is InChI=1S/C19H15N3O2/c1-14(17-5-4-12-24-17)22(18-6-2-3-11-21-18)19(23)16-9-7-15(13-20)8-10-16/h2-12,14H,1H3/t14-/m1/s1. The predicted octanol–water partition coefficient (Wildman–Crippen LogP) is 3.95. The molecule has 1 amide bonds. The fourth-order valence-corrected chi connectivity index (χ4v) is 2.46. The molecule has 0 N–H and O–H groups in total.